The molecular weight excluding hydrogens is 236 g/mol. The molecule has 1 aliphatic rings. The summed E-state index contributed by atoms with van der Waals surface area (Å²) >= 11 is 5.99. The van der Waals surface area contributed by atoms with Crippen LogP contribution in [0.2, 0.25) is 5.02 Å². The molecule has 1 aromatic rings. The molecule has 4 heteroatoms. The van der Waals surface area contributed by atoms with Crippen molar-refractivity contribution in [2.24, 2.45) is 0 Å². The number of anilines is 1. The summed E-state index contributed by atoms with van der Waals surface area (Å²) in [5.41, 5.74) is 1.47. The summed E-state index contributed by atoms with van der Waals surface area (Å²) in [7, 11) is 0. The smallest absolute Gasteiger partial charge is 0.101 e. The van der Waals surface area contributed by atoms with Crippen molar-refractivity contribution in [3.8, 4) is 6.07 Å². The van der Waals surface area contributed by atoms with E-state index in [2.05, 4.69) is 11.0 Å². The van der Waals surface area contributed by atoms with Gasteiger partial charge >= 0.3 is 0 Å². The summed E-state index contributed by atoms with van der Waals surface area (Å²) in [4.78, 5) is 2.11. The number of nitrogens with zero attached hydrogens (tertiary/aromatic N) is 2. The Morgan fingerprint density at radius 1 is 1.47 bits per heavy atom. The normalized spacial score (nSPS) is 20.1. The van der Waals surface area contributed by atoms with Gasteiger partial charge in [-0.25, -0.2) is 0 Å². The van der Waals surface area contributed by atoms with Crippen LogP contribution < -0.4 is 4.90 Å². The van der Waals surface area contributed by atoms with Crippen LogP contribution in [0.25, 0.3) is 0 Å². The molecule has 0 aliphatic carbocycles. The Kier molecular flexibility index (Phi) is 3.88. The third-order valence-electron chi connectivity index (χ3n) is 3.23. The van der Waals surface area contributed by atoms with E-state index in [-0.39, 0.29) is 12.6 Å². The Hall–Kier alpha value is -1.24. The minimum atomic E-state index is 0.106. The number of hydrogen-bond donors (Lipinski definition) is 1. The summed E-state index contributed by atoms with van der Waals surface area (Å²) in [5.74, 6) is 0. The SMILES string of the molecule is N#Cc1ccc(Cl)cc1N1CCCCC1CO. The highest BCUT2D eigenvalue weighted by Crippen LogP contribution is 2.29. The molecule has 1 unspecified atom stereocenters. The minimum absolute atomic E-state index is 0.106. The van der Waals surface area contributed by atoms with Gasteiger partial charge in [0.15, 0.2) is 0 Å². The zero-order chi connectivity index (χ0) is 12.3. The summed E-state index contributed by atoms with van der Waals surface area (Å²) in [6.45, 7) is 0.998. The molecule has 1 saturated heterocycles. The van der Waals surface area contributed by atoms with Gasteiger partial charge < -0.3 is 10.0 Å². The lowest BCUT2D eigenvalue weighted by Crippen LogP contribution is -2.42. The molecule has 17 heavy (non-hydrogen) atoms. The maximum Gasteiger partial charge on any atom is 0.101 e. The molecule has 0 aromatic heterocycles. The summed E-state index contributed by atoms with van der Waals surface area (Å²) in [6.07, 6.45) is 3.19. The molecule has 90 valence electrons. The average Bonchev–Trinajstić information content (AvgIpc) is 2.38. The Morgan fingerprint density at radius 2 is 2.29 bits per heavy atom. The molecule has 0 amide bonds. The van der Waals surface area contributed by atoms with Gasteiger partial charge in [0.05, 0.1) is 23.9 Å². The Balaban J connectivity index is 2.37. The zero-order valence-corrected chi connectivity index (χ0v) is 10.3. The van der Waals surface area contributed by atoms with Gasteiger partial charge in [0.25, 0.3) is 0 Å². The highest BCUT2D eigenvalue weighted by Gasteiger charge is 2.23. The number of rotatable bonds is 2. The van der Waals surface area contributed by atoms with E-state index in [1.165, 1.54) is 0 Å². The van der Waals surface area contributed by atoms with Crippen molar-refractivity contribution >= 4 is 17.3 Å². The number of hydrogen-bond acceptors (Lipinski definition) is 3. The van der Waals surface area contributed by atoms with Gasteiger partial charge in [-0.05, 0) is 37.5 Å². The zero-order valence-electron chi connectivity index (χ0n) is 9.56. The predicted molar refractivity (Wildman–Crippen MR) is 68.2 cm³/mol. The predicted octanol–water partition coefficient (Wildman–Crippen LogP) is 2.56. The number of nitriles is 1. The van der Waals surface area contributed by atoms with Crippen LogP contribution in [0.15, 0.2) is 18.2 Å². The first-order valence-corrected chi connectivity index (χ1v) is 6.21. The van der Waals surface area contributed by atoms with Crippen molar-refractivity contribution in [3.05, 3.63) is 28.8 Å². The van der Waals surface area contributed by atoms with Crippen molar-refractivity contribution in [3.63, 3.8) is 0 Å². The molecule has 2 rings (SSSR count). The molecule has 1 atom stereocenters. The number of piperidine rings is 1. The van der Waals surface area contributed by atoms with Crippen molar-refractivity contribution in [2.75, 3.05) is 18.1 Å². The first-order valence-electron chi connectivity index (χ1n) is 5.83. The van der Waals surface area contributed by atoms with Gasteiger partial charge in [-0.1, -0.05) is 11.6 Å². The van der Waals surface area contributed by atoms with Crippen LogP contribution in [0, 0.1) is 11.3 Å². The van der Waals surface area contributed by atoms with Gasteiger partial charge in [-0.15, -0.1) is 0 Å². The van der Waals surface area contributed by atoms with E-state index >= 15 is 0 Å². The summed E-state index contributed by atoms with van der Waals surface area (Å²) in [5, 5.41) is 19.1. The van der Waals surface area contributed by atoms with E-state index in [0.717, 1.165) is 31.5 Å². The molecule has 0 saturated carbocycles. The van der Waals surface area contributed by atoms with E-state index in [1.54, 1.807) is 12.1 Å². The first kappa shape index (κ1) is 12.2. The third kappa shape index (κ3) is 2.54. The molecule has 3 nitrogen and oxygen atoms in total. The van der Waals surface area contributed by atoms with Crippen molar-refractivity contribution in [2.45, 2.75) is 25.3 Å². The molecule has 0 radical (unpaired) electrons. The molecular formula is C13H15ClN2O. The van der Waals surface area contributed by atoms with Gasteiger partial charge in [0, 0.05) is 11.6 Å². The Labute approximate surface area is 106 Å². The standard InChI is InChI=1S/C13H15ClN2O/c14-11-5-4-10(8-15)13(7-11)16-6-2-1-3-12(16)9-17/h4-5,7,12,17H,1-3,6,9H2. The molecule has 1 aliphatic heterocycles. The summed E-state index contributed by atoms with van der Waals surface area (Å²) in [6, 6.07) is 7.56. The minimum Gasteiger partial charge on any atom is -0.394 e. The highest BCUT2D eigenvalue weighted by atomic mass is 35.5. The molecule has 1 aromatic carbocycles. The van der Waals surface area contributed by atoms with Crippen LogP contribution in [0.1, 0.15) is 24.8 Å². The molecule has 1 N–H and O–H groups in total. The topological polar surface area (TPSA) is 47.3 Å². The van der Waals surface area contributed by atoms with Gasteiger partial charge in [0.1, 0.15) is 6.07 Å². The van der Waals surface area contributed by atoms with E-state index in [0.29, 0.717) is 10.6 Å². The second kappa shape index (κ2) is 5.39. The van der Waals surface area contributed by atoms with Crippen LogP contribution >= 0.6 is 11.6 Å². The molecule has 1 fully saturated rings. The second-order valence-corrected chi connectivity index (χ2v) is 4.74. The lowest BCUT2D eigenvalue weighted by Gasteiger charge is -2.37. The molecule has 0 spiro atoms. The van der Waals surface area contributed by atoms with E-state index in [9.17, 15) is 5.11 Å². The van der Waals surface area contributed by atoms with Gasteiger partial charge in [-0.2, -0.15) is 5.26 Å². The average molecular weight is 251 g/mol. The number of halogens is 1. The number of benzene rings is 1. The Morgan fingerprint density at radius 3 is 3.00 bits per heavy atom. The monoisotopic (exact) mass is 250 g/mol. The maximum absolute atomic E-state index is 9.40. The number of aliphatic hydroxyl groups is 1. The van der Waals surface area contributed by atoms with Gasteiger partial charge in [0.2, 0.25) is 0 Å². The van der Waals surface area contributed by atoms with Crippen LogP contribution in [-0.2, 0) is 0 Å². The van der Waals surface area contributed by atoms with Crippen LogP contribution in [0.5, 0.6) is 0 Å². The largest absolute Gasteiger partial charge is 0.394 e. The lowest BCUT2D eigenvalue weighted by atomic mass is 10.0. The van der Waals surface area contributed by atoms with Crippen LogP contribution in [0.3, 0.4) is 0 Å². The van der Waals surface area contributed by atoms with Gasteiger partial charge in [-0.3, -0.25) is 0 Å². The number of aliphatic hydroxyl groups excluding tert-OH is 1. The third-order valence-corrected chi connectivity index (χ3v) is 3.46. The quantitative estimate of drug-likeness (QED) is 0.878. The highest BCUT2D eigenvalue weighted by molar-refractivity contribution is 6.30. The summed E-state index contributed by atoms with van der Waals surface area (Å²) < 4.78 is 0. The van der Waals surface area contributed by atoms with Crippen molar-refractivity contribution < 1.29 is 5.11 Å². The molecule has 1 heterocycles. The Bertz CT molecular complexity index is 442. The van der Waals surface area contributed by atoms with E-state index in [1.807, 2.05) is 6.07 Å². The fourth-order valence-corrected chi connectivity index (χ4v) is 2.51. The van der Waals surface area contributed by atoms with E-state index in [4.69, 9.17) is 16.9 Å². The van der Waals surface area contributed by atoms with Crippen LogP contribution in [0.4, 0.5) is 5.69 Å². The fourth-order valence-electron chi connectivity index (χ4n) is 2.34. The van der Waals surface area contributed by atoms with Crippen LogP contribution in [-0.4, -0.2) is 24.3 Å². The van der Waals surface area contributed by atoms with Crippen molar-refractivity contribution in [1.82, 2.24) is 0 Å². The molecule has 0 bridgehead atoms. The first-order chi connectivity index (χ1) is 8.26. The second-order valence-electron chi connectivity index (χ2n) is 4.30. The van der Waals surface area contributed by atoms with Crippen molar-refractivity contribution in [1.29, 1.82) is 5.26 Å². The maximum atomic E-state index is 9.40. The fraction of sp³-hybridized carbons (Fsp3) is 0.462. The van der Waals surface area contributed by atoms with E-state index < -0.39 is 0 Å². The lowest BCUT2D eigenvalue weighted by molar-refractivity contribution is 0.240.